The van der Waals surface area contributed by atoms with E-state index in [9.17, 15) is 0 Å². The molecule has 0 saturated carbocycles. The van der Waals surface area contributed by atoms with E-state index in [1.807, 2.05) is 6.07 Å². The van der Waals surface area contributed by atoms with E-state index in [1.165, 1.54) is 32.7 Å². The molecule has 4 nitrogen and oxygen atoms in total. The Bertz CT molecular complexity index is 2770. The van der Waals surface area contributed by atoms with Crippen LogP contribution in [0.15, 0.2) is 185 Å². The van der Waals surface area contributed by atoms with Crippen LogP contribution in [0.2, 0.25) is 0 Å². The molecule has 1 aliphatic heterocycles. The lowest BCUT2D eigenvalue weighted by molar-refractivity contribution is 0.409. The number of nitrogens with one attached hydrogen (secondary N) is 2. The van der Waals surface area contributed by atoms with Crippen LogP contribution < -0.4 is 10.6 Å². The van der Waals surface area contributed by atoms with E-state index in [1.54, 1.807) is 0 Å². The number of fused-ring (bicyclic) bond motifs is 5. The SMILES string of the molecule is c1ccc(-c2ccc3cc(C4NC(c5cccc6oc7c(-c8ccc9ccccc9c8)cccc7c56)=NC(c5ccccc5)N4)ccc3c2)cc1. The van der Waals surface area contributed by atoms with Gasteiger partial charge in [-0.2, -0.15) is 0 Å². The molecule has 0 saturated heterocycles. The highest BCUT2D eigenvalue weighted by atomic mass is 16.3. The van der Waals surface area contributed by atoms with Crippen molar-refractivity contribution in [3.05, 3.63) is 193 Å². The van der Waals surface area contributed by atoms with Crippen molar-refractivity contribution in [2.75, 3.05) is 0 Å². The van der Waals surface area contributed by atoms with Crippen LogP contribution in [0.5, 0.6) is 0 Å². The molecular weight excluding hydrogens is 623 g/mol. The third-order valence-electron chi connectivity index (χ3n) is 10.1. The minimum atomic E-state index is -0.245. The van der Waals surface area contributed by atoms with Gasteiger partial charge in [0.25, 0.3) is 0 Å². The summed E-state index contributed by atoms with van der Waals surface area (Å²) in [6.07, 6.45) is -0.423. The fourth-order valence-electron chi connectivity index (χ4n) is 7.56. The van der Waals surface area contributed by atoms with E-state index in [-0.39, 0.29) is 12.3 Å². The van der Waals surface area contributed by atoms with Crippen LogP contribution in [0.1, 0.15) is 29.0 Å². The first-order chi connectivity index (χ1) is 25.2. The Morgan fingerprint density at radius 2 is 1.14 bits per heavy atom. The standard InChI is InChI=1S/C47H33N3O/c1-3-11-30(12-4-1)34-22-23-36-29-38(26-24-35(36)27-34)46-48-45(32-14-5-2-6-15-32)49-47(50-46)41-19-10-20-42-43(41)40-18-9-17-39(44(40)51-42)37-25-21-31-13-7-8-16-33(31)28-37/h1-29,45-46,48H,(H,49,50). The second-order valence-electron chi connectivity index (χ2n) is 13.2. The number of benzene rings is 8. The maximum absolute atomic E-state index is 6.70. The normalized spacial score (nSPS) is 16.0. The molecule has 2 atom stereocenters. The Kier molecular flexibility index (Phi) is 7.00. The molecule has 2 heterocycles. The predicted molar refractivity (Wildman–Crippen MR) is 211 cm³/mol. The molecular formula is C47H33N3O. The Morgan fingerprint density at radius 3 is 2.02 bits per heavy atom. The number of para-hydroxylation sites is 1. The molecule has 0 amide bonds. The van der Waals surface area contributed by atoms with E-state index in [4.69, 9.17) is 9.41 Å². The average molecular weight is 656 g/mol. The zero-order valence-electron chi connectivity index (χ0n) is 27.8. The van der Waals surface area contributed by atoms with Crippen molar-refractivity contribution in [1.82, 2.24) is 10.6 Å². The number of aliphatic imine (C=N–C) groups is 1. The quantitative estimate of drug-likeness (QED) is 0.194. The van der Waals surface area contributed by atoms with Gasteiger partial charge in [-0.05, 0) is 73.6 Å². The van der Waals surface area contributed by atoms with Gasteiger partial charge in [0.2, 0.25) is 0 Å². The lowest BCUT2D eigenvalue weighted by Gasteiger charge is -2.32. The number of rotatable bonds is 5. The summed E-state index contributed by atoms with van der Waals surface area (Å²) in [5, 5.41) is 14.6. The van der Waals surface area contributed by atoms with Crippen molar-refractivity contribution in [2.45, 2.75) is 12.3 Å². The summed E-state index contributed by atoms with van der Waals surface area (Å²) < 4.78 is 6.70. The lowest BCUT2D eigenvalue weighted by Crippen LogP contribution is -2.45. The molecule has 2 N–H and O–H groups in total. The zero-order valence-corrected chi connectivity index (χ0v) is 27.8. The maximum atomic E-state index is 6.70. The molecule has 9 aromatic rings. The molecule has 2 unspecified atom stereocenters. The molecule has 242 valence electrons. The Hall–Kier alpha value is -6.49. The van der Waals surface area contributed by atoms with E-state index >= 15 is 0 Å². The smallest absolute Gasteiger partial charge is 0.143 e. The van der Waals surface area contributed by atoms with Crippen molar-refractivity contribution in [3.63, 3.8) is 0 Å². The topological polar surface area (TPSA) is 49.6 Å². The Labute approximate surface area is 295 Å². The molecule has 4 heteroatoms. The average Bonchev–Trinajstić information content (AvgIpc) is 3.60. The summed E-state index contributed by atoms with van der Waals surface area (Å²) >= 11 is 0. The Balaban J connectivity index is 1.08. The maximum Gasteiger partial charge on any atom is 0.143 e. The molecule has 0 radical (unpaired) electrons. The number of hydrogen-bond acceptors (Lipinski definition) is 4. The number of furan rings is 1. The molecule has 0 bridgehead atoms. The van der Waals surface area contributed by atoms with E-state index in [0.717, 1.165) is 55.6 Å². The third kappa shape index (κ3) is 5.25. The summed E-state index contributed by atoms with van der Waals surface area (Å²) in [7, 11) is 0. The van der Waals surface area contributed by atoms with Crippen LogP contribution in [-0.4, -0.2) is 5.84 Å². The third-order valence-corrected chi connectivity index (χ3v) is 10.1. The first kappa shape index (κ1) is 29.4. The first-order valence-electron chi connectivity index (χ1n) is 17.4. The van der Waals surface area contributed by atoms with Crippen molar-refractivity contribution in [1.29, 1.82) is 0 Å². The highest BCUT2D eigenvalue weighted by molar-refractivity contribution is 6.20. The van der Waals surface area contributed by atoms with Crippen molar-refractivity contribution >= 4 is 49.3 Å². The minimum Gasteiger partial charge on any atom is -0.455 e. The number of amidine groups is 1. The molecule has 8 aromatic carbocycles. The molecule has 10 rings (SSSR count). The van der Waals surface area contributed by atoms with Crippen LogP contribution in [0.3, 0.4) is 0 Å². The summed E-state index contributed by atoms with van der Waals surface area (Å²) in [5.74, 6) is 0.830. The van der Waals surface area contributed by atoms with Crippen molar-refractivity contribution in [2.24, 2.45) is 4.99 Å². The molecule has 0 aliphatic carbocycles. The predicted octanol–water partition coefficient (Wildman–Crippen LogP) is 11.6. The monoisotopic (exact) mass is 655 g/mol. The van der Waals surface area contributed by atoms with Gasteiger partial charge >= 0.3 is 0 Å². The van der Waals surface area contributed by atoms with Gasteiger partial charge in [-0.15, -0.1) is 0 Å². The van der Waals surface area contributed by atoms with Gasteiger partial charge in [-0.3, -0.25) is 5.32 Å². The summed E-state index contributed by atoms with van der Waals surface area (Å²) in [6.45, 7) is 0. The van der Waals surface area contributed by atoms with Gasteiger partial charge in [0, 0.05) is 21.9 Å². The fourth-order valence-corrected chi connectivity index (χ4v) is 7.56. The van der Waals surface area contributed by atoms with Gasteiger partial charge in [-0.1, -0.05) is 152 Å². The molecule has 51 heavy (non-hydrogen) atoms. The lowest BCUT2D eigenvalue weighted by atomic mass is 9.97. The van der Waals surface area contributed by atoms with Crippen LogP contribution in [0.4, 0.5) is 0 Å². The fraction of sp³-hybridized carbons (Fsp3) is 0.0426. The number of nitrogens with zero attached hydrogens (tertiary/aromatic N) is 1. The van der Waals surface area contributed by atoms with Crippen LogP contribution >= 0.6 is 0 Å². The van der Waals surface area contributed by atoms with Crippen molar-refractivity contribution in [3.8, 4) is 22.3 Å². The summed E-state index contributed by atoms with van der Waals surface area (Å²) in [5.41, 5.74) is 9.63. The second kappa shape index (κ2) is 12.1. The van der Waals surface area contributed by atoms with Crippen LogP contribution in [-0.2, 0) is 0 Å². The molecule has 1 aliphatic rings. The van der Waals surface area contributed by atoms with Gasteiger partial charge in [0.15, 0.2) is 0 Å². The number of hydrogen-bond donors (Lipinski definition) is 2. The zero-order chi connectivity index (χ0) is 33.7. The highest BCUT2D eigenvalue weighted by Gasteiger charge is 2.27. The highest BCUT2D eigenvalue weighted by Crippen LogP contribution is 2.39. The second-order valence-corrected chi connectivity index (χ2v) is 13.2. The van der Waals surface area contributed by atoms with Gasteiger partial charge in [-0.25, -0.2) is 4.99 Å². The first-order valence-corrected chi connectivity index (χ1v) is 17.4. The van der Waals surface area contributed by atoms with E-state index in [0.29, 0.717) is 0 Å². The van der Waals surface area contributed by atoms with Crippen LogP contribution in [0.25, 0.3) is 65.7 Å². The van der Waals surface area contributed by atoms with Crippen LogP contribution in [0, 0.1) is 0 Å². The van der Waals surface area contributed by atoms with E-state index < -0.39 is 0 Å². The van der Waals surface area contributed by atoms with Gasteiger partial charge in [0.1, 0.15) is 29.3 Å². The summed E-state index contributed by atoms with van der Waals surface area (Å²) in [6, 6.07) is 62.2. The van der Waals surface area contributed by atoms with Gasteiger partial charge in [0.05, 0.1) is 0 Å². The van der Waals surface area contributed by atoms with E-state index in [2.05, 4.69) is 180 Å². The minimum absolute atomic E-state index is 0.178. The summed E-state index contributed by atoms with van der Waals surface area (Å²) in [4.78, 5) is 5.31. The largest absolute Gasteiger partial charge is 0.455 e. The van der Waals surface area contributed by atoms with Gasteiger partial charge < -0.3 is 9.73 Å². The molecule has 1 aromatic heterocycles. The molecule has 0 fully saturated rings. The molecule has 0 spiro atoms. The Morgan fingerprint density at radius 1 is 0.471 bits per heavy atom. The van der Waals surface area contributed by atoms with Crippen molar-refractivity contribution < 1.29 is 4.42 Å².